The monoisotopic (exact) mass is 381 g/mol. The van der Waals surface area contributed by atoms with E-state index in [4.69, 9.17) is 19.5 Å². The van der Waals surface area contributed by atoms with Crippen LogP contribution in [-0.4, -0.2) is 34.1 Å². The van der Waals surface area contributed by atoms with Crippen LogP contribution in [0.25, 0.3) is 11.3 Å². The molecule has 0 unspecified atom stereocenters. The van der Waals surface area contributed by atoms with E-state index >= 15 is 0 Å². The standard InChI is InChI=1S/C20H19N3O3S/c24-19(25)17-9-8-15(26-17)13-27-20-21-16(14-6-2-1-3-7-14)12-18(22-20)23-10-4-5-11-23/h1-3,6-9,12H,4-5,10-11,13H2,(H,24,25). The van der Waals surface area contributed by atoms with Gasteiger partial charge >= 0.3 is 5.97 Å². The van der Waals surface area contributed by atoms with Crippen molar-refractivity contribution in [1.82, 2.24) is 9.97 Å². The van der Waals surface area contributed by atoms with Gasteiger partial charge in [-0.05, 0) is 25.0 Å². The van der Waals surface area contributed by atoms with Crippen molar-refractivity contribution in [2.75, 3.05) is 18.0 Å². The Bertz CT molecular complexity index is 937. The molecule has 27 heavy (non-hydrogen) atoms. The Hall–Kier alpha value is -2.80. The molecule has 1 aliphatic rings. The van der Waals surface area contributed by atoms with Crippen molar-refractivity contribution in [3.63, 3.8) is 0 Å². The van der Waals surface area contributed by atoms with Crippen molar-refractivity contribution in [3.05, 3.63) is 60.1 Å². The second-order valence-electron chi connectivity index (χ2n) is 6.31. The Labute approximate surface area is 161 Å². The van der Waals surface area contributed by atoms with E-state index in [2.05, 4.69) is 4.90 Å². The SMILES string of the molecule is O=C(O)c1ccc(CSc2nc(-c3ccccc3)cc(N3CCCC3)n2)o1. The van der Waals surface area contributed by atoms with E-state index in [1.165, 1.54) is 30.7 Å². The minimum Gasteiger partial charge on any atom is -0.475 e. The molecule has 3 heterocycles. The predicted molar refractivity (Wildman–Crippen MR) is 104 cm³/mol. The van der Waals surface area contributed by atoms with Gasteiger partial charge in [0.25, 0.3) is 0 Å². The van der Waals surface area contributed by atoms with Crippen LogP contribution < -0.4 is 4.90 Å². The summed E-state index contributed by atoms with van der Waals surface area (Å²) in [6.45, 7) is 2.02. The molecular formula is C20H19N3O3S. The van der Waals surface area contributed by atoms with Crippen molar-refractivity contribution in [1.29, 1.82) is 0 Å². The number of carboxylic acids is 1. The number of aromatic nitrogens is 2. The smallest absolute Gasteiger partial charge is 0.371 e. The molecule has 7 heteroatoms. The fraction of sp³-hybridized carbons (Fsp3) is 0.250. The van der Waals surface area contributed by atoms with Gasteiger partial charge in [-0.25, -0.2) is 14.8 Å². The third kappa shape index (κ3) is 4.14. The van der Waals surface area contributed by atoms with Gasteiger partial charge in [-0.15, -0.1) is 0 Å². The number of aromatic carboxylic acids is 1. The van der Waals surface area contributed by atoms with Gasteiger partial charge in [-0.2, -0.15) is 0 Å². The van der Waals surface area contributed by atoms with E-state index in [0.29, 0.717) is 16.7 Å². The zero-order chi connectivity index (χ0) is 18.6. The van der Waals surface area contributed by atoms with Gasteiger partial charge in [0.1, 0.15) is 11.6 Å². The first-order valence-corrected chi connectivity index (χ1v) is 9.82. The Kier molecular flexibility index (Phi) is 5.11. The lowest BCUT2D eigenvalue weighted by atomic mass is 10.1. The first-order valence-electron chi connectivity index (χ1n) is 8.83. The van der Waals surface area contributed by atoms with Gasteiger partial charge in [-0.1, -0.05) is 42.1 Å². The maximum absolute atomic E-state index is 11.0. The molecule has 1 aliphatic heterocycles. The third-order valence-electron chi connectivity index (χ3n) is 4.41. The average Bonchev–Trinajstić information content (AvgIpc) is 3.39. The normalized spacial score (nSPS) is 13.9. The average molecular weight is 381 g/mol. The zero-order valence-corrected chi connectivity index (χ0v) is 15.5. The highest BCUT2D eigenvalue weighted by atomic mass is 32.2. The number of nitrogens with zero attached hydrogens (tertiary/aromatic N) is 3. The van der Waals surface area contributed by atoms with Crippen LogP contribution in [-0.2, 0) is 5.75 Å². The van der Waals surface area contributed by atoms with Crippen molar-refractivity contribution in [2.24, 2.45) is 0 Å². The van der Waals surface area contributed by atoms with Crippen molar-refractivity contribution < 1.29 is 14.3 Å². The number of hydrogen-bond acceptors (Lipinski definition) is 6. The lowest BCUT2D eigenvalue weighted by Crippen LogP contribution is -2.19. The van der Waals surface area contributed by atoms with Crippen LogP contribution in [0.5, 0.6) is 0 Å². The van der Waals surface area contributed by atoms with Crippen LogP contribution in [0.1, 0.15) is 29.2 Å². The van der Waals surface area contributed by atoms with Gasteiger partial charge < -0.3 is 14.4 Å². The molecule has 0 atom stereocenters. The molecule has 0 saturated carbocycles. The predicted octanol–water partition coefficient (Wildman–Crippen LogP) is 4.33. The highest BCUT2D eigenvalue weighted by Crippen LogP contribution is 2.29. The summed E-state index contributed by atoms with van der Waals surface area (Å²) in [6.07, 6.45) is 2.36. The number of furan rings is 1. The third-order valence-corrected chi connectivity index (χ3v) is 5.28. The van der Waals surface area contributed by atoms with E-state index in [0.717, 1.165) is 30.2 Å². The second-order valence-corrected chi connectivity index (χ2v) is 7.26. The molecular weight excluding hydrogens is 362 g/mol. The number of thioether (sulfide) groups is 1. The Balaban J connectivity index is 1.60. The Morgan fingerprint density at radius 3 is 2.59 bits per heavy atom. The molecule has 1 fully saturated rings. The number of carboxylic acid groups (broad SMARTS) is 1. The van der Waals surface area contributed by atoms with E-state index in [1.54, 1.807) is 6.07 Å². The molecule has 4 rings (SSSR count). The molecule has 0 bridgehead atoms. The first kappa shape index (κ1) is 17.6. The molecule has 0 radical (unpaired) electrons. The zero-order valence-electron chi connectivity index (χ0n) is 14.7. The van der Waals surface area contributed by atoms with Gasteiger partial charge in [0.15, 0.2) is 5.16 Å². The summed E-state index contributed by atoms with van der Waals surface area (Å²) in [5.41, 5.74) is 1.94. The number of hydrogen-bond donors (Lipinski definition) is 1. The van der Waals surface area contributed by atoms with Crippen molar-refractivity contribution >= 4 is 23.5 Å². The van der Waals surface area contributed by atoms with Crippen molar-refractivity contribution in [2.45, 2.75) is 23.8 Å². The molecule has 1 N–H and O–H groups in total. The number of anilines is 1. The molecule has 138 valence electrons. The minimum absolute atomic E-state index is 0.0534. The first-order chi connectivity index (χ1) is 13.2. The van der Waals surface area contributed by atoms with Crippen LogP contribution in [0.3, 0.4) is 0 Å². The van der Waals surface area contributed by atoms with Gasteiger partial charge in [0, 0.05) is 24.7 Å². The van der Waals surface area contributed by atoms with Crippen LogP contribution in [0.2, 0.25) is 0 Å². The van der Waals surface area contributed by atoms with Gasteiger partial charge in [0.05, 0.1) is 11.4 Å². The maximum Gasteiger partial charge on any atom is 0.371 e. The number of carbonyl (C=O) groups is 1. The second kappa shape index (κ2) is 7.84. The van der Waals surface area contributed by atoms with Crippen molar-refractivity contribution in [3.8, 4) is 11.3 Å². The minimum atomic E-state index is -1.06. The van der Waals surface area contributed by atoms with Crippen LogP contribution in [0.15, 0.2) is 58.1 Å². The van der Waals surface area contributed by atoms with E-state index in [-0.39, 0.29) is 5.76 Å². The number of rotatable bonds is 6. The molecule has 0 spiro atoms. The van der Waals surface area contributed by atoms with Gasteiger partial charge in [0.2, 0.25) is 5.76 Å². The largest absolute Gasteiger partial charge is 0.475 e. The molecule has 0 amide bonds. The number of benzene rings is 1. The fourth-order valence-electron chi connectivity index (χ4n) is 3.05. The van der Waals surface area contributed by atoms with Crippen LogP contribution in [0.4, 0.5) is 5.82 Å². The summed E-state index contributed by atoms with van der Waals surface area (Å²) >= 11 is 1.44. The summed E-state index contributed by atoms with van der Waals surface area (Å²) in [7, 11) is 0. The Morgan fingerprint density at radius 1 is 1.11 bits per heavy atom. The summed E-state index contributed by atoms with van der Waals surface area (Å²) in [4.78, 5) is 22.7. The lowest BCUT2D eigenvalue weighted by molar-refractivity contribution is 0.0661. The lowest BCUT2D eigenvalue weighted by Gasteiger charge is -2.18. The summed E-state index contributed by atoms with van der Waals surface area (Å²) in [5, 5.41) is 9.63. The van der Waals surface area contributed by atoms with E-state index in [1.807, 2.05) is 36.4 Å². The molecule has 0 aliphatic carbocycles. The summed E-state index contributed by atoms with van der Waals surface area (Å²) in [6, 6.07) is 15.2. The topological polar surface area (TPSA) is 79.5 Å². The molecule has 6 nitrogen and oxygen atoms in total. The summed E-state index contributed by atoms with van der Waals surface area (Å²) in [5.74, 6) is 0.890. The molecule has 1 aromatic carbocycles. The maximum atomic E-state index is 11.0. The van der Waals surface area contributed by atoms with E-state index < -0.39 is 5.97 Å². The molecule has 2 aromatic heterocycles. The summed E-state index contributed by atoms with van der Waals surface area (Å²) < 4.78 is 5.33. The van der Waals surface area contributed by atoms with Crippen LogP contribution in [0, 0.1) is 0 Å². The Morgan fingerprint density at radius 2 is 1.89 bits per heavy atom. The fourth-order valence-corrected chi connectivity index (χ4v) is 3.80. The molecule has 3 aromatic rings. The van der Waals surface area contributed by atoms with E-state index in [9.17, 15) is 4.79 Å². The quantitative estimate of drug-likeness (QED) is 0.503. The van der Waals surface area contributed by atoms with Gasteiger partial charge in [-0.3, -0.25) is 0 Å². The van der Waals surface area contributed by atoms with Crippen LogP contribution >= 0.6 is 11.8 Å². The highest BCUT2D eigenvalue weighted by molar-refractivity contribution is 7.98. The highest BCUT2D eigenvalue weighted by Gasteiger charge is 2.17. The molecule has 1 saturated heterocycles.